The lowest BCUT2D eigenvalue weighted by atomic mass is 10.1. The lowest BCUT2D eigenvalue weighted by molar-refractivity contribution is -0.116. The fourth-order valence-corrected chi connectivity index (χ4v) is 4.38. The summed E-state index contributed by atoms with van der Waals surface area (Å²) in [7, 11) is 0. The Kier molecular flexibility index (Phi) is 10.3. The highest BCUT2D eigenvalue weighted by atomic mass is 16.5. The van der Waals surface area contributed by atoms with Crippen molar-refractivity contribution in [3.8, 4) is 11.5 Å². The quantitative estimate of drug-likeness (QED) is 0.225. The third-order valence-corrected chi connectivity index (χ3v) is 6.33. The van der Waals surface area contributed by atoms with Crippen LogP contribution in [0.15, 0.2) is 97.1 Å². The highest BCUT2D eigenvalue weighted by Crippen LogP contribution is 2.22. The molecule has 7 heteroatoms. The number of amides is 3. The van der Waals surface area contributed by atoms with Crippen LogP contribution in [0.1, 0.15) is 24.8 Å². The molecule has 0 aromatic heterocycles. The SMILES string of the molecule is O=C(C=C[C@H](Cc1ccccc1)NC(=O)Nc1ccc(Oc2ccccc2)cc1)NCCCN1CCCC1. The second-order valence-electron chi connectivity index (χ2n) is 9.39. The molecule has 4 rings (SSSR count). The molecule has 0 saturated carbocycles. The normalized spacial score (nSPS) is 14.2. The standard InChI is InChI=1S/C31H36N4O3/c36-30(32-20-9-23-35-21-7-8-22-35)19-16-27(24-25-10-3-1-4-11-25)34-31(37)33-26-14-17-29(18-15-26)38-28-12-5-2-6-13-28/h1-6,10-19,27H,7-9,20-24H2,(H,32,36)(H2,33,34,37)/t27-/m1/s1. The smallest absolute Gasteiger partial charge is 0.319 e. The van der Waals surface area contributed by atoms with Crippen molar-refractivity contribution in [1.29, 1.82) is 0 Å². The van der Waals surface area contributed by atoms with E-state index in [0.717, 1.165) is 37.4 Å². The number of nitrogens with one attached hydrogen (secondary N) is 3. The van der Waals surface area contributed by atoms with E-state index in [4.69, 9.17) is 4.74 Å². The maximum Gasteiger partial charge on any atom is 0.319 e. The number of rotatable bonds is 12. The van der Waals surface area contributed by atoms with Gasteiger partial charge in [0.2, 0.25) is 5.91 Å². The van der Waals surface area contributed by atoms with Crippen molar-refractivity contribution in [3.63, 3.8) is 0 Å². The Balaban J connectivity index is 1.28. The minimum atomic E-state index is -0.353. The van der Waals surface area contributed by atoms with Crippen molar-refractivity contribution in [2.24, 2.45) is 0 Å². The Labute approximate surface area is 224 Å². The zero-order valence-electron chi connectivity index (χ0n) is 21.6. The topological polar surface area (TPSA) is 82.7 Å². The first kappa shape index (κ1) is 26.9. The summed E-state index contributed by atoms with van der Waals surface area (Å²) in [6.45, 7) is 3.98. The molecule has 1 aliphatic rings. The zero-order chi connectivity index (χ0) is 26.4. The molecule has 3 aromatic rings. The van der Waals surface area contributed by atoms with Crippen LogP contribution in [0.5, 0.6) is 11.5 Å². The Morgan fingerprint density at radius 3 is 2.24 bits per heavy atom. The van der Waals surface area contributed by atoms with Gasteiger partial charge in [0.25, 0.3) is 0 Å². The first-order chi connectivity index (χ1) is 18.6. The summed E-state index contributed by atoms with van der Waals surface area (Å²) < 4.78 is 5.81. The largest absolute Gasteiger partial charge is 0.457 e. The molecule has 7 nitrogen and oxygen atoms in total. The number of para-hydroxylation sites is 1. The van der Waals surface area contributed by atoms with Gasteiger partial charge in [-0.2, -0.15) is 0 Å². The predicted molar refractivity (Wildman–Crippen MR) is 151 cm³/mol. The van der Waals surface area contributed by atoms with Crippen LogP contribution >= 0.6 is 0 Å². The van der Waals surface area contributed by atoms with E-state index in [-0.39, 0.29) is 18.0 Å². The van der Waals surface area contributed by atoms with E-state index in [0.29, 0.717) is 24.4 Å². The molecule has 1 heterocycles. The summed E-state index contributed by atoms with van der Waals surface area (Å²) >= 11 is 0. The molecule has 0 aliphatic carbocycles. The summed E-state index contributed by atoms with van der Waals surface area (Å²) in [5.41, 5.74) is 1.71. The number of carbonyl (C=O) groups excluding carboxylic acids is 2. The average Bonchev–Trinajstić information content (AvgIpc) is 3.46. The van der Waals surface area contributed by atoms with Crippen LogP contribution in [0, 0.1) is 0 Å². The van der Waals surface area contributed by atoms with Gasteiger partial charge in [0.05, 0.1) is 6.04 Å². The van der Waals surface area contributed by atoms with E-state index in [9.17, 15) is 9.59 Å². The number of ether oxygens (including phenoxy) is 1. The minimum Gasteiger partial charge on any atom is -0.457 e. The Morgan fingerprint density at radius 1 is 0.868 bits per heavy atom. The Hall–Kier alpha value is -4.10. The van der Waals surface area contributed by atoms with E-state index in [1.54, 1.807) is 30.3 Å². The minimum absolute atomic E-state index is 0.152. The van der Waals surface area contributed by atoms with Crippen molar-refractivity contribution in [1.82, 2.24) is 15.5 Å². The van der Waals surface area contributed by atoms with Crippen LogP contribution in [-0.4, -0.2) is 49.1 Å². The molecule has 1 aliphatic heterocycles. The maximum atomic E-state index is 12.8. The molecule has 198 valence electrons. The van der Waals surface area contributed by atoms with Crippen LogP contribution in [0.2, 0.25) is 0 Å². The van der Waals surface area contributed by atoms with Gasteiger partial charge in [-0.25, -0.2) is 4.79 Å². The number of benzene rings is 3. The van der Waals surface area contributed by atoms with Crippen LogP contribution < -0.4 is 20.7 Å². The van der Waals surface area contributed by atoms with E-state index < -0.39 is 0 Å². The number of carbonyl (C=O) groups is 2. The molecule has 3 amide bonds. The van der Waals surface area contributed by atoms with Gasteiger partial charge in [0, 0.05) is 18.3 Å². The van der Waals surface area contributed by atoms with Gasteiger partial charge in [-0.15, -0.1) is 0 Å². The van der Waals surface area contributed by atoms with Crippen molar-refractivity contribution in [2.45, 2.75) is 31.7 Å². The van der Waals surface area contributed by atoms with Gasteiger partial charge in [0.1, 0.15) is 11.5 Å². The average molecular weight is 513 g/mol. The molecule has 0 spiro atoms. The van der Waals surface area contributed by atoms with E-state index in [2.05, 4.69) is 20.9 Å². The summed E-state index contributed by atoms with van der Waals surface area (Å²) in [6, 6.07) is 25.9. The molecule has 1 saturated heterocycles. The van der Waals surface area contributed by atoms with Crippen molar-refractivity contribution < 1.29 is 14.3 Å². The van der Waals surface area contributed by atoms with Gasteiger partial charge in [-0.1, -0.05) is 54.6 Å². The van der Waals surface area contributed by atoms with Crippen molar-refractivity contribution in [3.05, 3.63) is 103 Å². The summed E-state index contributed by atoms with van der Waals surface area (Å²) in [4.78, 5) is 27.6. The third-order valence-electron chi connectivity index (χ3n) is 6.33. The van der Waals surface area contributed by atoms with Crippen LogP contribution in [0.25, 0.3) is 0 Å². The highest BCUT2D eigenvalue weighted by molar-refractivity contribution is 5.90. The number of urea groups is 1. The number of hydrogen-bond acceptors (Lipinski definition) is 4. The molecule has 3 N–H and O–H groups in total. The Morgan fingerprint density at radius 2 is 1.53 bits per heavy atom. The third kappa shape index (κ3) is 9.41. The predicted octanol–water partition coefficient (Wildman–Crippen LogP) is 5.37. The molecule has 1 fully saturated rings. The Bertz CT molecular complexity index is 1160. The number of anilines is 1. The molecule has 3 aromatic carbocycles. The number of nitrogens with zero attached hydrogens (tertiary/aromatic N) is 1. The molecular formula is C31H36N4O3. The molecule has 0 unspecified atom stereocenters. The second-order valence-corrected chi connectivity index (χ2v) is 9.39. The maximum absolute atomic E-state index is 12.8. The van der Waals surface area contributed by atoms with Crippen LogP contribution in [0.3, 0.4) is 0 Å². The monoisotopic (exact) mass is 512 g/mol. The van der Waals surface area contributed by atoms with Crippen LogP contribution in [-0.2, 0) is 11.2 Å². The highest BCUT2D eigenvalue weighted by Gasteiger charge is 2.13. The molecule has 1 atom stereocenters. The zero-order valence-corrected chi connectivity index (χ0v) is 21.6. The lowest BCUT2D eigenvalue weighted by Gasteiger charge is -2.16. The van der Waals surface area contributed by atoms with E-state index in [1.807, 2.05) is 60.7 Å². The summed E-state index contributed by atoms with van der Waals surface area (Å²) in [5.74, 6) is 1.27. The van der Waals surface area contributed by atoms with Gasteiger partial charge in [0.15, 0.2) is 0 Å². The van der Waals surface area contributed by atoms with E-state index in [1.165, 1.54) is 18.9 Å². The number of hydrogen-bond donors (Lipinski definition) is 3. The number of likely N-dealkylation sites (tertiary alicyclic amines) is 1. The summed E-state index contributed by atoms with van der Waals surface area (Å²) in [5, 5.41) is 8.78. The summed E-state index contributed by atoms with van der Waals surface area (Å²) in [6.07, 6.45) is 7.30. The van der Waals surface area contributed by atoms with Gasteiger partial charge in [-0.3, -0.25) is 4.79 Å². The fraction of sp³-hybridized carbons (Fsp3) is 0.290. The van der Waals surface area contributed by atoms with Gasteiger partial charge in [-0.05, 0) is 87.3 Å². The lowest BCUT2D eigenvalue weighted by Crippen LogP contribution is -2.38. The van der Waals surface area contributed by atoms with Crippen LogP contribution in [0.4, 0.5) is 10.5 Å². The molecule has 0 radical (unpaired) electrons. The first-order valence-electron chi connectivity index (χ1n) is 13.3. The van der Waals surface area contributed by atoms with Gasteiger partial charge < -0.3 is 25.6 Å². The van der Waals surface area contributed by atoms with Crippen molar-refractivity contribution in [2.75, 3.05) is 31.5 Å². The van der Waals surface area contributed by atoms with Gasteiger partial charge >= 0.3 is 6.03 Å². The molecular weight excluding hydrogens is 476 g/mol. The molecule has 38 heavy (non-hydrogen) atoms. The first-order valence-corrected chi connectivity index (χ1v) is 13.3. The fourth-order valence-electron chi connectivity index (χ4n) is 4.38. The molecule has 0 bridgehead atoms. The second kappa shape index (κ2) is 14.6. The van der Waals surface area contributed by atoms with Crippen molar-refractivity contribution >= 4 is 17.6 Å². The van der Waals surface area contributed by atoms with E-state index >= 15 is 0 Å².